The number of nitrogens with zero attached hydrogens (tertiary/aromatic N) is 1. The van der Waals surface area contributed by atoms with Crippen LogP contribution >= 0.6 is 11.6 Å². The van der Waals surface area contributed by atoms with Gasteiger partial charge in [-0.15, -0.1) is 0 Å². The maximum absolute atomic E-state index is 13.4. The second-order valence-corrected chi connectivity index (χ2v) is 9.57. The van der Waals surface area contributed by atoms with E-state index in [-0.39, 0.29) is 23.9 Å². The number of carbonyl (C=O) groups is 2. The number of halogens is 1. The molecular formula is C27H31ClN2O2. The van der Waals surface area contributed by atoms with Gasteiger partial charge in [0.25, 0.3) is 0 Å². The monoisotopic (exact) mass is 450 g/mol. The largest absolute Gasteiger partial charge is 0.350 e. The van der Waals surface area contributed by atoms with Gasteiger partial charge in [-0.2, -0.15) is 0 Å². The number of amides is 2. The molecule has 0 saturated heterocycles. The van der Waals surface area contributed by atoms with Crippen LogP contribution < -0.4 is 5.32 Å². The summed E-state index contributed by atoms with van der Waals surface area (Å²) in [6.07, 6.45) is 0.915. The highest BCUT2D eigenvalue weighted by Crippen LogP contribution is 2.22. The molecule has 0 spiro atoms. The third-order valence-electron chi connectivity index (χ3n) is 5.45. The summed E-state index contributed by atoms with van der Waals surface area (Å²) in [5.41, 5.74) is 1.57. The average molecular weight is 451 g/mol. The van der Waals surface area contributed by atoms with Crippen LogP contribution in [0.4, 0.5) is 0 Å². The molecule has 0 aliphatic heterocycles. The summed E-state index contributed by atoms with van der Waals surface area (Å²) in [6, 6.07) is 21.1. The first-order valence-electron chi connectivity index (χ1n) is 11.0. The van der Waals surface area contributed by atoms with Crippen LogP contribution in [0, 0.1) is 0 Å². The molecule has 5 heteroatoms. The van der Waals surface area contributed by atoms with Crippen LogP contribution in [-0.2, 0) is 22.6 Å². The number of nitrogens with one attached hydrogen (secondary N) is 1. The molecule has 0 fully saturated rings. The second kappa shape index (κ2) is 10.2. The Morgan fingerprint density at radius 3 is 2.28 bits per heavy atom. The van der Waals surface area contributed by atoms with E-state index in [2.05, 4.69) is 29.6 Å². The third-order valence-corrected chi connectivity index (χ3v) is 5.82. The fraction of sp³-hybridized carbons (Fsp3) is 0.333. The maximum atomic E-state index is 13.4. The van der Waals surface area contributed by atoms with Crippen molar-refractivity contribution in [3.05, 3.63) is 82.9 Å². The van der Waals surface area contributed by atoms with Gasteiger partial charge >= 0.3 is 0 Å². The topological polar surface area (TPSA) is 49.4 Å². The predicted molar refractivity (Wildman–Crippen MR) is 132 cm³/mol. The van der Waals surface area contributed by atoms with Gasteiger partial charge in [-0.3, -0.25) is 9.59 Å². The molecule has 3 rings (SSSR count). The Bertz CT molecular complexity index is 1100. The lowest BCUT2D eigenvalue weighted by Gasteiger charge is -2.31. The number of fused-ring (bicyclic) bond motifs is 1. The van der Waals surface area contributed by atoms with Crippen molar-refractivity contribution in [2.45, 2.75) is 58.7 Å². The predicted octanol–water partition coefficient (Wildman–Crippen LogP) is 5.76. The van der Waals surface area contributed by atoms with E-state index in [1.807, 2.05) is 57.2 Å². The fourth-order valence-corrected chi connectivity index (χ4v) is 3.96. The Kier molecular flexibility index (Phi) is 7.57. The molecule has 1 atom stereocenters. The highest BCUT2D eigenvalue weighted by Gasteiger charge is 2.28. The zero-order chi connectivity index (χ0) is 23.3. The number of benzene rings is 3. The Hall–Kier alpha value is -2.85. The lowest BCUT2D eigenvalue weighted by atomic mass is 10.0. The second-order valence-electron chi connectivity index (χ2n) is 9.17. The number of hydrogen-bond donors (Lipinski definition) is 1. The molecule has 4 nitrogen and oxygen atoms in total. The van der Waals surface area contributed by atoms with Gasteiger partial charge in [0, 0.05) is 23.5 Å². The molecule has 0 aromatic heterocycles. The smallest absolute Gasteiger partial charge is 0.242 e. The first-order valence-corrected chi connectivity index (χ1v) is 11.3. The van der Waals surface area contributed by atoms with E-state index in [0.29, 0.717) is 17.9 Å². The standard InChI is InChI=1S/C27H31ClN2O2/c1-19(26(32)29-27(2,3)4)30(18-22-11-6-8-15-24(22)28)25(31)17-16-21-13-9-12-20-10-5-7-14-23(20)21/h5-15,19H,16-18H2,1-4H3,(H,29,32). The van der Waals surface area contributed by atoms with Gasteiger partial charge < -0.3 is 10.2 Å². The Labute approximate surface area is 195 Å². The number of aryl methyl sites for hydroxylation is 1. The maximum Gasteiger partial charge on any atom is 0.242 e. The summed E-state index contributed by atoms with van der Waals surface area (Å²) < 4.78 is 0. The van der Waals surface area contributed by atoms with E-state index < -0.39 is 6.04 Å². The number of carbonyl (C=O) groups excluding carboxylic acids is 2. The van der Waals surface area contributed by atoms with Gasteiger partial charge in [-0.25, -0.2) is 0 Å². The molecule has 1 N–H and O–H groups in total. The molecule has 2 amide bonds. The average Bonchev–Trinajstić information content (AvgIpc) is 2.75. The highest BCUT2D eigenvalue weighted by molar-refractivity contribution is 6.31. The van der Waals surface area contributed by atoms with Gasteiger partial charge in [0.15, 0.2) is 0 Å². The Balaban J connectivity index is 1.82. The van der Waals surface area contributed by atoms with E-state index in [1.165, 1.54) is 0 Å². The summed E-state index contributed by atoms with van der Waals surface area (Å²) in [4.78, 5) is 27.9. The minimum Gasteiger partial charge on any atom is -0.350 e. The van der Waals surface area contributed by atoms with Crippen LogP contribution in [0.25, 0.3) is 10.8 Å². The van der Waals surface area contributed by atoms with Crippen molar-refractivity contribution in [1.82, 2.24) is 10.2 Å². The first kappa shape index (κ1) is 23.8. The van der Waals surface area contributed by atoms with Crippen molar-refractivity contribution in [2.75, 3.05) is 0 Å². The highest BCUT2D eigenvalue weighted by atomic mass is 35.5. The van der Waals surface area contributed by atoms with Crippen molar-refractivity contribution >= 4 is 34.2 Å². The Morgan fingerprint density at radius 2 is 1.56 bits per heavy atom. The van der Waals surface area contributed by atoms with E-state index in [4.69, 9.17) is 11.6 Å². The molecule has 3 aromatic rings. The van der Waals surface area contributed by atoms with Gasteiger partial charge in [0.05, 0.1) is 0 Å². The summed E-state index contributed by atoms with van der Waals surface area (Å²) in [6.45, 7) is 7.84. The molecule has 0 bridgehead atoms. The normalized spacial score (nSPS) is 12.4. The van der Waals surface area contributed by atoms with E-state index in [0.717, 1.165) is 21.9 Å². The fourth-order valence-electron chi connectivity index (χ4n) is 3.76. The van der Waals surface area contributed by atoms with Gasteiger partial charge in [0.1, 0.15) is 6.04 Å². The lowest BCUT2D eigenvalue weighted by molar-refractivity contribution is -0.141. The molecular weight excluding hydrogens is 420 g/mol. The number of hydrogen-bond acceptors (Lipinski definition) is 2. The molecule has 0 radical (unpaired) electrons. The molecule has 1 unspecified atom stereocenters. The van der Waals surface area contributed by atoms with Gasteiger partial charge in [0.2, 0.25) is 11.8 Å². The van der Waals surface area contributed by atoms with Crippen LogP contribution in [0.3, 0.4) is 0 Å². The quantitative estimate of drug-likeness (QED) is 0.497. The summed E-state index contributed by atoms with van der Waals surface area (Å²) >= 11 is 6.36. The van der Waals surface area contributed by atoms with E-state index >= 15 is 0 Å². The molecule has 0 aliphatic carbocycles. The lowest BCUT2D eigenvalue weighted by Crippen LogP contribution is -2.52. The molecule has 32 heavy (non-hydrogen) atoms. The zero-order valence-electron chi connectivity index (χ0n) is 19.2. The van der Waals surface area contributed by atoms with Crippen LogP contribution in [0.2, 0.25) is 5.02 Å². The minimum absolute atomic E-state index is 0.0746. The van der Waals surface area contributed by atoms with E-state index in [9.17, 15) is 9.59 Å². The third kappa shape index (κ3) is 6.10. The van der Waals surface area contributed by atoms with Crippen molar-refractivity contribution in [3.63, 3.8) is 0 Å². The molecule has 0 saturated carbocycles. The summed E-state index contributed by atoms with van der Waals surface area (Å²) in [7, 11) is 0. The van der Waals surface area contributed by atoms with E-state index in [1.54, 1.807) is 17.9 Å². The summed E-state index contributed by atoms with van der Waals surface area (Å²) in [5.74, 6) is -0.252. The molecule has 0 aliphatic rings. The minimum atomic E-state index is -0.620. The number of rotatable bonds is 7. The van der Waals surface area contributed by atoms with Crippen LogP contribution in [-0.4, -0.2) is 28.3 Å². The van der Waals surface area contributed by atoms with Crippen LogP contribution in [0.15, 0.2) is 66.7 Å². The van der Waals surface area contributed by atoms with Gasteiger partial charge in [-0.1, -0.05) is 72.3 Å². The Morgan fingerprint density at radius 1 is 0.938 bits per heavy atom. The zero-order valence-corrected chi connectivity index (χ0v) is 19.9. The molecule has 168 valence electrons. The van der Waals surface area contributed by atoms with Crippen LogP contribution in [0.5, 0.6) is 0 Å². The van der Waals surface area contributed by atoms with Crippen molar-refractivity contribution in [2.24, 2.45) is 0 Å². The van der Waals surface area contributed by atoms with Crippen molar-refractivity contribution in [3.8, 4) is 0 Å². The van der Waals surface area contributed by atoms with Crippen molar-refractivity contribution in [1.29, 1.82) is 0 Å². The summed E-state index contributed by atoms with van der Waals surface area (Å²) in [5, 5.41) is 5.88. The SMILES string of the molecule is CC(C(=O)NC(C)(C)C)N(Cc1ccccc1Cl)C(=O)CCc1cccc2ccccc12. The van der Waals surface area contributed by atoms with Crippen molar-refractivity contribution < 1.29 is 9.59 Å². The molecule has 0 heterocycles. The van der Waals surface area contributed by atoms with Crippen LogP contribution in [0.1, 0.15) is 45.2 Å². The first-order chi connectivity index (χ1) is 15.2. The van der Waals surface area contributed by atoms with Gasteiger partial charge in [-0.05, 0) is 62.1 Å². The molecule has 3 aromatic carbocycles.